The van der Waals surface area contributed by atoms with Gasteiger partial charge in [-0.25, -0.2) is 9.97 Å². The molecule has 30 heavy (non-hydrogen) atoms. The highest BCUT2D eigenvalue weighted by molar-refractivity contribution is 5.63. The lowest BCUT2D eigenvalue weighted by molar-refractivity contribution is 0.325. The maximum atomic E-state index is 5.76. The van der Waals surface area contributed by atoms with Crippen LogP contribution in [0.1, 0.15) is 12.0 Å². The van der Waals surface area contributed by atoms with E-state index in [-0.39, 0.29) is 0 Å². The number of ether oxygens (including phenoxy) is 1. The largest absolute Gasteiger partial charge is 0.493 e. The third-order valence-corrected chi connectivity index (χ3v) is 4.45. The Balaban J connectivity index is 1.72. The van der Waals surface area contributed by atoms with E-state index < -0.39 is 0 Å². The average Bonchev–Trinajstić information content (AvgIpc) is 2.75. The van der Waals surface area contributed by atoms with Crippen molar-refractivity contribution in [3.05, 3.63) is 91.7 Å². The highest BCUT2D eigenvalue weighted by Gasteiger charge is 2.06. The van der Waals surface area contributed by atoms with Crippen molar-refractivity contribution in [2.75, 3.05) is 25.5 Å². The zero-order chi connectivity index (χ0) is 21.2. The van der Waals surface area contributed by atoms with Crippen LogP contribution in [0.25, 0.3) is 11.3 Å². The summed E-state index contributed by atoms with van der Waals surface area (Å²) in [6.45, 7) is 9.82. The Morgan fingerprint density at radius 2 is 1.93 bits per heavy atom. The zero-order valence-corrected chi connectivity index (χ0v) is 17.4. The number of hydrogen-bond acceptors (Lipinski definition) is 5. The molecule has 3 rings (SSSR count). The van der Waals surface area contributed by atoms with Gasteiger partial charge in [0, 0.05) is 30.5 Å². The molecule has 3 aromatic rings. The maximum absolute atomic E-state index is 5.76. The summed E-state index contributed by atoms with van der Waals surface area (Å²) in [4.78, 5) is 11.3. The monoisotopic (exact) mass is 400 g/mol. The van der Waals surface area contributed by atoms with E-state index in [9.17, 15) is 0 Å². The number of likely N-dealkylation sites (N-methyl/N-ethyl adjacent to an activating group) is 1. The van der Waals surface area contributed by atoms with E-state index in [4.69, 9.17) is 4.74 Å². The lowest BCUT2D eigenvalue weighted by Gasteiger charge is -2.15. The number of aromatic nitrogens is 2. The fourth-order valence-electron chi connectivity index (χ4n) is 3.06. The van der Waals surface area contributed by atoms with Gasteiger partial charge in [-0.05, 0) is 49.4 Å². The third-order valence-electron chi connectivity index (χ3n) is 4.45. The average molecular weight is 401 g/mol. The molecule has 0 amide bonds. The van der Waals surface area contributed by atoms with Gasteiger partial charge < -0.3 is 10.1 Å². The van der Waals surface area contributed by atoms with Crippen LogP contribution in [-0.2, 0) is 6.54 Å². The van der Waals surface area contributed by atoms with Crippen molar-refractivity contribution in [1.82, 2.24) is 14.9 Å². The Labute approximate surface area is 178 Å². The molecule has 0 fully saturated rings. The molecule has 1 heterocycles. The van der Waals surface area contributed by atoms with Crippen LogP contribution in [-0.4, -0.2) is 35.1 Å². The number of anilines is 2. The summed E-state index contributed by atoms with van der Waals surface area (Å²) in [5.41, 5.74) is 3.99. The third kappa shape index (κ3) is 6.29. The van der Waals surface area contributed by atoms with Crippen LogP contribution in [0.2, 0.25) is 0 Å². The van der Waals surface area contributed by atoms with Crippen molar-refractivity contribution < 1.29 is 4.74 Å². The minimum atomic E-state index is 0.557. The molecule has 154 valence electrons. The number of hydrogen-bond donors (Lipinski definition) is 1. The van der Waals surface area contributed by atoms with Crippen molar-refractivity contribution in [3.63, 3.8) is 0 Å². The van der Waals surface area contributed by atoms with Crippen molar-refractivity contribution in [1.29, 1.82) is 0 Å². The van der Waals surface area contributed by atoms with Crippen molar-refractivity contribution >= 4 is 11.6 Å². The summed E-state index contributed by atoms with van der Waals surface area (Å²) in [5, 5.41) is 3.31. The van der Waals surface area contributed by atoms with E-state index in [2.05, 4.69) is 52.5 Å². The Morgan fingerprint density at radius 1 is 1.07 bits per heavy atom. The first-order valence-corrected chi connectivity index (χ1v) is 10.0. The van der Waals surface area contributed by atoms with Gasteiger partial charge in [-0.3, -0.25) is 4.90 Å². The molecule has 0 saturated carbocycles. The molecule has 0 radical (unpaired) electrons. The predicted molar refractivity (Wildman–Crippen MR) is 124 cm³/mol. The van der Waals surface area contributed by atoms with Crippen LogP contribution < -0.4 is 10.1 Å². The van der Waals surface area contributed by atoms with Crippen LogP contribution in [0.5, 0.6) is 5.75 Å². The SMILES string of the molecule is C=CCCOc1cccc(-c2ccnc(Nc3cccc(CN(C)CC=C)c3)n2)c1. The highest BCUT2D eigenvalue weighted by atomic mass is 16.5. The molecule has 0 atom stereocenters. The van der Waals surface area contributed by atoms with Gasteiger partial charge in [-0.1, -0.05) is 36.4 Å². The first-order valence-electron chi connectivity index (χ1n) is 10.0. The van der Waals surface area contributed by atoms with Crippen LogP contribution in [0.4, 0.5) is 11.6 Å². The lowest BCUT2D eigenvalue weighted by atomic mass is 10.1. The summed E-state index contributed by atoms with van der Waals surface area (Å²) < 4.78 is 5.76. The maximum Gasteiger partial charge on any atom is 0.227 e. The Kier molecular flexibility index (Phi) is 7.75. The predicted octanol–water partition coefficient (Wildman–Crippen LogP) is 5.46. The normalized spacial score (nSPS) is 10.6. The summed E-state index contributed by atoms with van der Waals surface area (Å²) in [5.74, 6) is 1.38. The van der Waals surface area contributed by atoms with E-state index in [1.807, 2.05) is 54.6 Å². The molecular weight excluding hydrogens is 372 g/mol. The number of rotatable bonds is 11. The van der Waals surface area contributed by atoms with Gasteiger partial charge in [0.1, 0.15) is 5.75 Å². The second-order valence-corrected chi connectivity index (χ2v) is 7.03. The molecule has 0 spiro atoms. The molecule has 0 unspecified atom stereocenters. The summed E-state index contributed by atoms with van der Waals surface area (Å²) in [6.07, 6.45) is 6.32. The fraction of sp³-hybridized carbons (Fsp3) is 0.200. The summed E-state index contributed by atoms with van der Waals surface area (Å²) >= 11 is 0. The lowest BCUT2D eigenvalue weighted by Crippen LogP contribution is -2.17. The molecule has 2 aromatic carbocycles. The van der Waals surface area contributed by atoms with Crippen molar-refractivity contribution in [2.45, 2.75) is 13.0 Å². The Morgan fingerprint density at radius 3 is 2.77 bits per heavy atom. The molecule has 0 aliphatic carbocycles. The van der Waals surface area contributed by atoms with Gasteiger partial charge in [0.2, 0.25) is 5.95 Å². The molecule has 0 saturated heterocycles. The quantitative estimate of drug-likeness (QED) is 0.342. The van der Waals surface area contributed by atoms with Crippen LogP contribution in [0.3, 0.4) is 0 Å². The Bertz CT molecular complexity index is 986. The smallest absolute Gasteiger partial charge is 0.227 e. The van der Waals surface area contributed by atoms with Crippen molar-refractivity contribution in [2.24, 2.45) is 0 Å². The molecule has 0 aliphatic heterocycles. The number of nitrogens with zero attached hydrogens (tertiary/aromatic N) is 3. The highest BCUT2D eigenvalue weighted by Crippen LogP contribution is 2.24. The number of nitrogens with one attached hydrogen (secondary N) is 1. The molecule has 5 nitrogen and oxygen atoms in total. The first-order chi connectivity index (χ1) is 14.7. The standard InChI is InChI=1S/C25H28N4O/c1-4-6-16-30-23-12-8-10-21(18-23)24-13-14-26-25(28-24)27-22-11-7-9-20(17-22)19-29(3)15-5-2/h4-5,7-14,17-18H,1-2,6,15-16,19H2,3H3,(H,26,27,28). The van der Waals surface area contributed by atoms with Gasteiger partial charge >= 0.3 is 0 Å². The minimum Gasteiger partial charge on any atom is -0.493 e. The molecule has 0 bridgehead atoms. The first kappa shape index (κ1) is 21.3. The van der Waals surface area contributed by atoms with Gasteiger partial charge in [-0.2, -0.15) is 0 Å². The second kappa shape index (κ2) is 10.9. The van der Waals surface area contributed by atoms with E-state index in [1.54, 1.807) is 6.20 Å². The van der Waals surface area contributed by atoms with Gasteiger partial charge in [0.15, 0.2) is 0 Å². The van der Waals surface area contributed by atoms with Gasteiger partial charge in [-0.15, -0.1) is 13.2 Å². The van der Waals surface area contributed by atoms with E-state index in [1.165, 1.54) is 5.56 Å². The molecule has 1 N–H and O–H groups in total. The molecule has 5 heteroatoms. The van der Waals surface area contributed by atoms with E-state index in [0.717, 1.165) is 42.2 Å². The van der Waals surface area contributed by atoms with E-state index >= 15 is 0 Å². The number of benzene rings is 2. The zero-order valence-electron chi connectivity index (χ0n) is 17.4. The second-order valence-electron chi connectivity index (χ2n) is 7.03. The van der Waals surface area contributed by atoms with Gasteiger partial charge in [0.25, 0.3) is 0 Å². The van der Waals surface area contributed by atoms with Crippen LogP contribution >= 0.6 is 0 Å². The topological polar surface area (TPSA) is 50.3 Å². The molecule has 1 aromatic heterocycles. The van der Waals surface area contributed by atoms with Crippen LogP contribution in [0, 0.1) is 0 Å². The fourth-order valence-corrected chi connectivity index (χ4v) is 3.06. The Hall–Kier alpha value is -3.44. The molecular formula is C25H28N4O. The van der Waals surface area contributed by atoms with Gasteiger partial charge in [0.05, 0.1) is 12.3 Å². The summed E-state index contributed by atoms with van der Waals surface area (Å²) in [6, 6.07) is 18.1. The van der Waals surface area contributed by atoms with Crippen LogP contribution in [0.15, 0.2) is 86.1 Å². The summed E-state index contributed by atoms with van der Waals surface area (Å²) in [7, 11) is 2.07. The van der Waals surface area contributed by atoms with E-state index in [0.29, 0.717) is 12.6 Å². The minimum absolute atomic E-state index is 0.557. The van der Waals surface area contributed by atoms with Crippen molar-refractivity contribution in [3.8, 4) is 17.0 Å². The molecule has 0 aliphatic rings.